The number of carbonyl (C=O) groups is 2. The van der Waals surface area contributed by atoms with E-state index in [0.717, 1.165) is 37.2 Å². The van der Waals surface area contributed by atoms with E-state index in [1.165, 1.54) is 24.6 Å². The highest BCUT2D eigenvalue weighted by Gasteiger charge is 2.32. The van der Waals surface area contributed by atoms with Gasteiger partial charge in [0.15, 0.2) is 5.17 Å². The second-order valence-electron chi connectivity index (χ2n) is 6.30. The normalized spacial score (nSPS) is 21.4. The number of hydrogen-bond acceptors (Lipinski definition) is 4. The molecule has 1 aromatic rings. The van der Waals surface area contributed by atoms with Crippen molar-refractivity contribution in [2.75, 3.05) is 18.4 Å². The number of benzene rings is 1. The van der Waals surface area contributed by atoms with Gasteiger partial charge in [-0.05, 0) is 31.4 Å². The summed E-state index contributed by atoms with van der Waals surface area (Å²) in [6.07, 6.45) is 4.75. The van der Waals surface area contributed by atoms with E-state index in [9.17, 15) is 9.59 Å². The van der Waals surface area contributed by atoms with Crippen molar-refractivity contribution >= 4 is 34.4 Å². The van der Waals surface area contributed by atoms with Crippen LogP contribution in [-0.2, 0) is 9.59 Å². The number of likely N-dealkylation sites (tertiary alicyclic amines) is 1. The number of hydrogen-bond donors (Lipinski definition) is 1. The molecule has 3 rings (SSSR count). The summed E-state index contributed by atoms with van der Waals surface area (Å²) < 4.78 is 0. The number of aryl methyl sites for hydroxylation is 1. The maximum Gasteiger partial charge on any atom is 0.262 e. The SMILES string of the molecule is Cc1ccccc1NC1=NC(=O)C(CC(=O)N2CCCCCC2)S1. The molecule has 1 N–H and O–H groups in total. The van der Waals surface area contributed by atoms with Crippen LogP contribution >= 0.6 is 11.8 Å². The van der Waals surface area contributed by atoms with Crippen LogP contribution in [0.25, 0.3) is 0 Å². The Hall–Kier alpha value is -1.82. The lowest BCUT2D eigenvalue weighted by atomic mass is 10.2. The Morgan fingerprint density at radius 3 is 2.67 bits per heavy atom. The average molecular weight is 345 g/mol. The number of rotatable bonds is 3. The number of thioether (sulfide) groups is 1. The van der Waals surface area contributed by atoms with Gasteiger partial charge in [0.1, 0.15) is 5.25 Å². The second-order valence-corrected chi connectivity index (χ2v) is 7.49. The van der Waals surface area contributed by atoms with Crippen LogP contribution in [-0.4, -0.2) is 40.2 Å². The summed E-state index contributed by atoms with van der Waals surface area (Å²) in [7, 11) is 0. The number of amides is 2. The number of carbonyl (C=O) groups excluding carboxylic acids is 2. The highest BCUT2D eigenvalue weighted by Crippen LogP contribution is 2.28. The Bertz CT molecular complexity index is 651. The maximum absolute atomic E-state index is 12.5. The molecule has 0 saturated carbocycles. The molecule has 2 amide bonds. The first kappa shape index (κ1) is 17.0. The predicted molar refractivity (Wildman–Crippen MR) is 98.3 cm³/mol. The lowest BCUT2D eigenvalue weighted by molar-refractivity contribution is -0.132. The highest BCUT2D eigenvalue weighted by molar-refractivity contribution is 8.15. The van der Waals surface area contributed by atoms with Gasteiger partial charge in [-0.1, -0.05) is 42.8 Å². The van der Waals surface area contributed by atoms with Crippen molar-refractivity contribution in [2.24, 2.45) is 4.99 Å². The molecule has 2 heterocycles. The lowest BCUT2D eigenvalue weighted by Crippen LogP contribution is -2.34. The third kappa shape index (κ3) is 4.17. The Kier molecular flexibility index (Phi) is 5.56. The van der Waals surface area contributed by atoms with Gasteiger partial charge in [0, 0.05) is 25.2 Å². The molecule has 2 aliphatic rings. The fourth-order valence-corrected chi connectivity index (χ4v) is 3.97. The van der Waals surface area contributed by atoms with Crippen LogP contribution < -0.4 is 5.32 Å². The third-order valence-electron chi connectivity index (χ3n) is 4.45. The van der Waals surface area contributed by atoms with Gasteiger partial charge in [0.25, 0.3) is 5.91 Å². The molecule has 0 bridgehead atoms. The van der Waals surface area contributed by atoms with Crippen LogP contribution in [0.2, 0.25) is 0 Å². The van der Waals surface area contributed by atoms with E-state index in [0.29, 0.717) is 5.17 Å². The summed E-state index contributed by atoms with van der Waals surface area (Å²) in [5.74, 6) is -0.130. The molecule has 0 spiro atoms. The predicted octanol–water partition coefficient (Wildman–Crippen LogP) is 3.20. The molecule has 1 fully saturated rings. The molecule has 0 radical (unpaired) electrons. The van der Waals surface area contributed by atoms with E-state index in [1.54, 1.807) is 0 Å². The van der Waals surface area contributed by atoms with Gasteiger partial charge in [-0.2, -0.15) is 4.99 Å². The van der Waals surface area contributed by atoms with Crippen LogP contribution in [0.5, 0.6) is 0 Å². The summed E-state index contributed by atoms with van der Waals surface area (Å²) in [4.78, 5) is 30.6. The molecule has 1 atom stereocenters. The largest absolute Gasteiger partial charge is 0.343 e. The molecule has 5 nitrogen and oxygen atoms in total. The molecule has 24 heavy (non-hydrogen) atoms. The summed E-state index contributed by atoms with van der Waals surface area (Å²) >= 11 is 1.36. The molecule has 6 heteroatoms. The van der Waals surface area contributed by atoms with E-state index in [2.05, 4.69) is 10.3 Å². The van der Waals surface area contributed by atoms with Gasteiger partial charge < -0.3 is 10.2 Å². The van der Waals surface area contributed by atoms with Crippen molar-refractivity contribution in [1.29, 1.82) is 0 Å². The van der Waals surface area contributed by atoms with Crippen molar-refractivity contribution < 1.29 is 9.59 Å². The van der Waals surface area contributed by atoms with Gasteiger partial charge in [-0.3, -0.25) is 9.59 Å². The minimum atomic E-state index is -0.396. The van der Waals surface area contributed by atoms with E-state index >= 15 is 0 Å². The zero-order valence-electron chi connectivity index (χ0n) is 14.0. The molecular weight excluding hydrogens is 322 g/mol. The van der Waals surface area contributed by atoms with Crippen LogP contribution in [0.15, 0.2) is 29.3 Å². The van der Waals surface area contributed by atoms with Gasteiger partial charge in [0.2, 0.25) is 5.91 Å². The van der Waals surface area contributed by atoms with Gasteiger partial charge in [-0.25, -0.2) is 0 Å². The third-order valence-corrected chi connectivity index (χ3v) is 5.52. The molecule has 0 aromatic heterocycles. The number of anilines is 1. The molecule has 2 aliphatic heterocycles. The van der Waals surface area contributed by atoms with E-state index < -0.39 is 5.25 Å². The average Bonchev–Trinajstić information content (AvgIpc) is 2.78. The number of amidine groups is 1. The Labute approximate surface area is 146 Å². The number of nitrogens with one attached hydrogen (secondary N) is 1. The molecular formula is C18H23N3O2S. The van der Waals surface area contributed by atoms with Crippen molar-refractivity contribution in [2.45, 2.75) is 44.3 Å². The van der Waals surface area contributed by atoms with Gasteiger partial charge in [-0.15, -0.1) is 0 Å². The van der Waals surface area contributed by atoms with E-state index in [-0.39, 0.29) is 18.2 Å². The van der Waals surface area contributed by atoms with Crippen LogP contribution in [0.3, 0.4) is 0 Å². The summed E-state index contributed by atoms with van der Waals surface area (Å²) in [5, 5.41) is 3.39. The van der Waals surface area contributed by atoms with Crippen molar-refractivity contribution in [3.05, 3.63) is 29.8 Å². The quantitative estimate of drug-likeness (QED) is 0.914. The maximum atomic E-state index is 12.5. The number of para-hydroxylation sites is 1. The van der Waals surface area contributed by atoms with Crippen LogP contribution in [0, 0.1) is 6.92 Å². The van der Waals surface area contributed by atoms with E-state index in [1.807, 2.05) is 36.1 Å². The molecule has 0 aliphatic carbocycles. The van der Waals surface area contributed by atoms with Crippen LogP contribution in [0.4, 0.5) is 5.69 Å². The fourth-order valence-electron chi connectivity index (χ4n) is 3.01. The smallest absolute Gasteiger partial charge is 0.262 e. The Balaban J connectivity index is 1.56. The Morgan fingerprint density at radius 2 is 1.96 bits per heavy atom. The molecule has 128 valence electrons. The summed E-state index contributed by atoms with van der Waals surface area (Å²) in [5.41, 5.74) is 2.04. The summed E-state index contributed by atoms with van der Waals surface area (Å²) in [6.45, 7) is 3.64. The first-order chi connectivity index (χ1) is 11.6. The molecule has 1 aromatic carbocycles. The fraction of sp³-hybridized carbons (Fsp3) is 0.500. The van der Waals surface area contributed by atoms with Crippen molar-refractivity contribution in [1.82, 2.24) is 4.90 Å². The van der Waals surface area contributed by atoms with Crippen molar-refractivity contribution in [3.63, 3.8) is 0 Å². The lowest BCUT2D eigenvalue weighted by Gasteiger charge is -2.21. The standard InChI is InChI=1S/C18H23N3O2S/c1-13-8-4-5-9-14(13)19-18-20-17(23)15(24-18)12-16(22)21-10-6-2-3-7-11-21/h4-5,8-9,15H,2-3,6-7,10-12H2,1H3,(H,19,20,23). The topological polar surface area (TPSA) is 61.8 Å². The highest BCUT2D eigenvalue weighted by atomic mass is 32.2. The Morgan fingerprint density at radius 1 is 1.25 bits per heavy atom. The summed E-state index contributed by atoms with van der Waals surface area (Å²) in [6, 6.07) is 7.87. The molecule has 1 saturated heterocycles. The minimum Gasteiger partial charge on any atom is -0.343 e. The van der Waals surface area contributed by atoms with Crippen LogP contribution in [0.1, 0.15) is 37.7 Å². The van der Waals surface area contributed by atoms with Gasteiger partial charge >= 0.3 is 0 Å². The number of nitrogens with zero attached hydrogens (tertiary/aromatic N) is 2. The van der Waals surface area contributed by atoms with E-state index in [4.69, 9.17) is 0 Å². The zero-order chi connectivity index (χ0) is 16.9. The number of aliphatic imine (C=N–C) groups is 1. The minimum absolute atomic E-state index is 0.0788. The zero-order valence-corrected chi connectivity index (χ0v) is 14.8. The second kappa shape index (κ2) is 7.83. The molecule has 1 unspecified atom stereocenters. The monoisotopic (exact) mass is 345 g/mol. The first-order valence-electron chi connectivity index (χ1n) is 8.53. The van der Waals surface area contributed by atoms with Gasteiger partial charge in [0.05, 0.1) is 0 Å². The first-order valence-corrected chi connectivity index (χ1v) is 9.41. The van der Waals surface area contributed by atoms with Crippen molar-refractivity contribution in [3.8, 4) is 0 Å².